The summed E-state index contributed by atoms with van der Waals surface area (Å²) >= 11 is 0. The van der Waals surface area contributed by atoms with Crippen molar-refractivity contribution in [1.82, 2.24) is 4.57 Å². The van der Waals surface area contributed by atoms with Crippen molar-refractivity contribution in [3.63, 3.8) is 0 Å². The summed E-state index contributed by atoms with van der Waals surface area (Å²) in [7, 11) is 1.59. The first-order valence-corrected chi connectivity index (χ1v) is 4.83. The molecule has 1 atom stereocenters. The Hall–Kier alpha value is -2.04. The van der Waals surface area contributed by atoms with E-state index in [0.717, 1.165) is 0 Å². The highest BCUT2D eigenvalue weighted by Gasteiger charge is 2.15. The number of rotatable bonds is 2. The lowest BCUT2D eigenvalue weighted by atomic mass is 10.0. The molecule has 0 aliphatic heterocycles. The SMILES string of the molecule is CC(C(=O)O)c1ccc2oc(=O)n(C)c2c1. The van der Waals surface area contributed by atoms with Gasteiger partial charge >= 0.3 is 11.7 Å². The Morgan fingerprint density at radius 3 is 2.81 bits per heavy atom. The van der Waals surface area contributed by atoms with Crippen LogP contribution in [0.15, 0.2) is 27.4 Å². The fraction of sp³-hybridized carbons (Fsp3) is 0.273. The lowest BCUT2D eigenvalue weighted by molar-refractivity contribution is -0.138. The van der Waals surface area contributed by atoms with Gasteiger partial charge in [0.2, 0.25) is 0 Å². The fourth-order valence-electron chi connectivity index (χ4n) is 1.56. The van der Waals surface area contributed by atoms with Gasteiger partial charge in [-0.2, -0.15) is 0 Å². The molecule has 5 heteroatoms. The lowest BCUT2D eigenvalue weighted by Crippen LogP contribution is -2.09. The van der Waals surface area contributed by atoms with Crippen LogP contribution in [0.25, 0.3) is 11.1 Å². The van der Waals surface area contributed by atoms with Gasteiger partial charge in [-0.1, -0.05) is 6.07 Å². The molecule has 16 heavy (non-hydrogen) atoms. The first kappa shape index (κ1) is 10.5. The predicted octanol–water partition coefficient (Wildman–Crippen LogP) is 1.32. The Balaban J connectivity index is 2.63. The van der Waals surface area contributed by atoms with Crippen molar-refractivity contribution in [2.24, 2.45) is 7.05 Å². The molecule has 1 heterocycles. The summed E-state index contributed by atoms with van der Waals surface area (Å²) in [5, 5.41) is 8.89. The fourth-order valence-corrected chi connectivity index (χ4v) is 1.56. The van der Waals surface area contributed by atoms with E-state index in [4.69, 9.17) is 9.52 Å². The number of hydrogen-bond donors (Lipinski definition) is 1. The van der Waals surface area contributed by atoms with Crippen LogP contribution in [-0.2, 0) is 11.8 Å². The van der Waals surface area contributed by atoms with Gasteiger partial charge in [0.15, 0.2) is 5.58 Å². The van der Waals surface area contributed by atoms with Crippen LogP contribution in [0.3, 0.4) is 0 Å². The van der Waals surface area contributed by atoms with Crippen molar-refractivity contribution >= 4 is 17.1 Å². The van der Waals surface area contributed by atoms with Gasteiger partial charge in [-0.05, 0) is 24.6 Å². The van der Waals surface area contributed by atoms with E-state index in [9.17, 15) is 9.59 Å². The van der Waals surface area contributed by atoms with E-state index >= 15 is 0 Å². The standard InChI is InChI=1S/C11H11NO4/c1-6(10(13)14)7-3-4-9-8(5-7)12(2)11(15)16-9/h3-6H,1-2H3,(H,13,14). The number of aryl methyl sites for hydroxylation is 1. The molecule has 84 valence electrons. The molecular formula is C11H11NO4. The molecule has 1 aromatic heterocycles. The van der Waals surface area contributed by atoms with Crippen LogP contribution in [0.4, 0.5) is 0 Å². The maximum Gasteiger partial charge on any atom is 0.419 e. The van der Waals surface area contributed by atoms with E-state index in [1.807, 2.05) is 0 Å². The largest absolute Gasteiger partial charge is 0.481 e. The third-order valence-electron chi connectivity index (χ3n) is 2.69. The number of carbonyl (C=O) groups is 1. The molecule has 1 unspecified atom stereocenters. The van der Waals surface area contributed by atoms with Crippen LogP contribution < -0.4 is 5.76 Å². The van der Waals surface area contributed by atoms with Crippen molar-refractivity contribution in [2.75, 3.05) is 0 Å². The number of nitrogens with zero attached hydrogens (tertiary/aromatic N) is 1. The second kappa shape index (κ2) is 3.52. The molecule has 0 bridgehead atoms. The zero-order valence-electron chi connectivity index (χ0n) is 8.93. The molecule has 0 aliphatic rings. The zero-order chi connectivity index (χ0) is 11.9. The summed E-state index contributed by atoms with van der Waals surface area (Å²) in [4.78, 5) is 22.1. The van der Waals surface area contributed by atoms with Gasteiger partial charge in [0.1, 0.15) is 0 Å². The minimum Gasteiger partial charge on any atom is -0.481 e. The quantitative estimate of drug-likeness (QED) is 0.830. The number of carboxylic acids is 1. The molecule has 0 radical (unpaired) electrons. The van der Waals surface area contributed by atoms with Gasteiger partial charge in [-0.3, -0.25) is 9.36 Å². The third kappa shape index (κ3) is 1.50. The predicted molar refractivity (Wildman–Crippen MR) is 57.5 cm³/mol. The first-order chi connectivity index (χ1) is 7.50. The average Bonchev–Trinajstić information content (AvgIpc) is 2.53. The summed E-state index contributed by atoms with van der Waals surface area (Å²) in [6, 6.07) is 4.94. The maximum absolute atomic E-state index is 11.2. The van der Waals surface area contributed by atoms with Gasteiger partial charge < -0.3 is 9.52 Å². The van der Waals surface area contributed by atoms with E-state index < -0.39 is 17.6 Å². The molecule has 1 aromatic carbocycles. The van der Waals surface area contributed by atoms with Gasteiger partial charge in [-0.25, -0.2) is 4.79 Å². The van der Waals surface area contributed by atoms with Crippen molar-refractivity contribution in [2.45, 2.75) is 12.8 Å². The molecule has 1 N–H and O–H groups in total. The maximum atomic E-state index is 11.2. The Bertz CT molecular complexity index is 608. The first-order valence-electron chi connectivity index (χ1n) is 4.83. The Morgan fingerprint density at radius 1 is 1.50 bits per heavy atom. The van der Waals surface area contributed by atoms with Gasteiger partial charge in [0.25, 0.3) is 0 Å². The third-order valence-corrected chi connectivity index (χ3v) is 2.69. The van der Waals surface area contributed by atoms with Gasteiger partial charge in [0.05, 0.1) is 11.4 Å². The highest BCUT2D eigenvalue weighted by atomic mass is 16.4. The minimum absolute atomic E-state index is 0.449. The van der Waals surface area contributed by atoms with Crippen molar-refractivity contribution in [3.05, 3.63) is 34.3 Å². The summed E-state index contributed by atoms with van der Waals surface area (Å²) in [5.74, 6) is -1.95. The monoisotopic (exact) mass is 221 g/mol. The van der Waals surface area contributed by atoms with Crippen molar-refractivity contribution in [1.29, 1.82) is 0 Å². The molecule has 0 spiro atoms. The summed E-state index contributed by atoms with van der Waals surface area (Å²) < 4.78 is 6.31. The van der Waals surface area contributed by atoms with Crippen LogP contribution >= 0.6 is 0 Å². The summed E-state index contributed by atoms with van der Waals surface area (Å²) in [6.45, 7) is 1.60. The Labute approximate surface area is 90.9 Å². The van der Waals surface area contributed by atoms with Gasteiger partial charge in [-0.15, -0.1) is 0 Å². The summed E-state index contributed by atoms with van der Waals surface area (Å²) in [6.07, 6.45) is 0. The number of benzene rings is 1. The second-order valence-corrected chi connectivity index (χ2v) is 3.71. The van der Waals surface area contributed by atoms with Gasteiger partial charge in [0, 0.05) is 7.05 Å². The number of fused-ring (bicyclic) bond motifs is 1. The Kier molecular flexibility index (Phi) is 2.30. The average molecular weight is 221 g/mol. The minimum atomic E-state index is -0.896. The van der Waals surface area contributed by atoms with Crippen molar-refractivity contribution in [3.8, 4) is 0 Å². The molecular weight excluding hydrogens is 210 g/mol. The Morgan fingerprint density at radius 2 is 2.19 bits per heavy atom. The van der Waals surface area contributed by atoms with Crippen LogP contribution in [-0.4, -0.2) is 15.6 Å². The number of oxazole rings is 1. The van der Waals surface area contributed by atoms with E-state index in [1.54, 1.807) is 32.2 Å². The highest BCUT2D eigenvalue weighted by Crippen LogP contribution is 2.20. The number of aromatic nitrogens is 1. The van der Waals surface area contributed by atoms with Crippen LogP contribution in [0.2, 0.25) is 0 Å². The second-order valence-electron chi connectivity index (χ2n) is 3.71. The van der Waals surface area contributed by atoms with E-state index in [0.29, 0.717) is 16.7 Å². The molecule has 5 nitrogen and oxygen atoms in total. The normalized spacial score (nSPS) is 12.9. The molecule has 0 fully saturated rings. The van der Waals surface area contributed by atoms with Crippen LogP contribution in [0.1, 0.15) is 18.4 Å². The summed E-state index contributed by atoms with van der Waals surface area (Å²) in [5.41, 5.74) is 1.72. The number of aliphatic carboxylic acids is 1. The van der Waals surface area contributed by atoms with Crippen molar-refractivity contribution < 1.29 is 14.3 Å². The molecule has 2 aromatic rings. The molecule has 0 aliphatic carbocycles. The highest BCUT2D eigenvalue weighted by molar-refractivity contribution is 5.79. The molecule has 0 saturated carbocycles. The topological polar surface area (TPSA) is 72.4 Å². The van der Waals surface area contributed by atoms with E-state index in [2.05, 4.69) is 0 Å². The molecule has 0 saturated heterocycles. The van der Waals surface area contributed by atoms with E-state index in [-0.39, 0.29) is 0 Å². The molecule has 2 rings (SSSR count). The van der Waals surface area contributed by atoms with Crippen LogP contribution in [0.5, 0.6) is 0 Å². The smallest absolute Gasteiger partial charge is 0.419 e. The lowest BCUT2D eigenvalue weighted by Gasteiger charge is -2.05. The van der Waals surface area contributed by atoms with Crippen LogP contribution in [0, 0.1) is 0 Å². The molecule has 0 amide bonds. The number of carboxylic acid groups (broad SMARTS) is 1. The zero-order valence-corrected chi connectivity index (χ0v) is 8.93. The van der Waals surface area contributed by atoms with E-state index in [1.165, 1.54) is 4.57 Å². The number of hydrogen-bond acceptors (Lipinski definition) is 3.